The molecule has 2 aliphatic rings. The third kappa shape index (κ3) is 4.55. The first-order chi connectivity index (χ1) is 17.0. The summed E-state index contributed by atoms with van der Waals surface area (Å²) in [6.45, 7) is 0. The van der Waals surface area contributed by atoms with Gasteiger partial charge in [0.2, 0.25) is 17.7 Å². The highest BCUT2D eigenvalue weighted by Crippen LogP contribution is 2.41. The Labute approximate surface area is 210 Å². The number of carbonyl (C=O) groups excluding carboxylic acids is 4. The van der Waals surface area contributed by atoms with Gasteiger partial charge in [0.15, 0.2) is 4.34 Å². The number of hydrogen-bond donors (Lipinski definition) is 1. The minimum absolute atomic E-state index is 0.0953. The molecule has 3 aromatic rings. The summed E-state index contributed by atoms with van der Waals surface area (Å²) in [7, 11) is 1.29. The van der Waals surface area contributed by atoms with Gasteiger partial charge < -0.3 is 10.1 Å². The van der Waals surface area contributed by atoms with Crippen LogP contribution >= 0.6 is 23.1 Å². The lowest BCUT2D eigenvalue weighted by molar-refractivity contribution is -0.122. The number of amides is 3. The Morgan fingerprint density at radius 3 is 2.54 bits per heavy atom. The molecule has 0 bridgehead atoms. The molecule has 3 amide bonds. The summed E-state index contributed by atoms with van der Waals surface area (Å²) < 4.78 is 6.30. The van der Waals surface area contributed by atoms with E-state index in [0.717, 1.165) is 35.9 Å². The summed E-state index contributed by atoms with van der Waals surface area (Å²) in [5.74, 6) is -1.27. The Balaban J connectivity index is 1.27. The van der Waals surface area contributed by atoms with Gasteiger partial charge in [-0.25, -0.2) is 9.78 Å². The van der Waals surface area contributed by atoms with Crippen LogP contribution in [0.3, 0.4) is 0 Å². The van der Waals surface area contributed by atoms with E-state index in [2.05, 4.69) is 10.3 Å². The summed E-state index contributed by atoms with van der Waals surface area (Å²) in [5, 5.41) is 2.74. The Morgan fingerprint density at radius 2 is 1.83 bits per heavy atom. The minimum atomic E-state index is -0.523. The number of carbonyl (C=O) groups is 4. The number of thiazole rings is 1. The molecule has 1 saturated heterocycles. The van der Waals surface area contributed by atoms with Gasteiger partial charge >= 0.3 is 5.97 Å². The van der Waals surface area contributed by atoms with Crippen LogP contribution in [0.4, 0.5) is 11.4 Å². The SMILES string of the molecule is COC(=O)c1ccccc1NC(=O)CSc1nc2ccc(N3C(=O)[C@@H]4CCCC[C@H]4C3=O)cc2s1. The Kier molecular flexibility index (Phi) is 6.57. The molecule has 10 heteroatoms. The summed E-state index contributed by atoms with van der Waals surface area (Å²) in [6.07, 6.45) is 3.54. The predicted molar refractivity (Wildman–Crippen MR) is 135 cm³/mol. The van der Waals surface area contributed by atoms with Gasteiger partial charge in [-0.05, 0) is 43.2 Å². The molecule has 1 N–H and O–H groups in total. The molecular formula is C25H23N3O5S2. The van der Waals surface area contributed by atoms with E-state index in [1.54, 1.807) is 36.4 Å². The molecular weight excluding hydrogens is 486 g/mol. The number of anilines is 2. The maximum atomic E-state index is 12.9. The molecule has 1 aromatic heterocycles. The molecule has 1 aliphatic heterocycles. The second-order valence-electron chi connectivity index (χ2n) is 8.52. The molecule has 5 rings (SSSR count). The van der Waals surface area contributed by atoms with Gasteiger partial charge in [-0.2, -0.15) is 0 Å². The number of fused-ring (bicyclic) bond motifs is 2. The van der Waals surface area contributed by atoms with Crippen LogP contribution in [0, 0.1) is 11.8 Å². The minimum Gasteiger partial charge on any atom is -0.465 e. The van der Waals surface area contributed by atoms with Crippen LogP contribution in [0.5, 0.6) is 0 Å². The second kappa shape index (κ2) is 9.79. The third-order valence-electron chi connectivity index (χ3n) is 6.38. The number of ether oxygens (including phenoxy) is 1. The monoisotopic (exact) mass is 509 g/mol. The number of thioether (sulfide) groups is 1. The van der Waals surface area contributed by atoms with Gasteiger partial charge in [-0.15, -0.1) is 11.3 Å². The van der Waals surface area contributed by atoms with Crippen molar-refractivity contribution in [2.45, 2.75) is 30.0 Å². The van der Waals surface area contributed by atoms with Gasteiger partial charge in [-0.1, -0.05) is 36.7 Å². The molecule has 35 heavy (non-hydrogen) atoms. The molecule has 0 spiro atoms. The summed E-state index contributed by atoms with van der Waals surface area (Å²) in [6, 6.07) is 12.1. The highest BCUT2D eigenvalue weighted by Gasteiger charge is 2.48. The van der Waals surface area contributed by atoms with Crippen molar-refractivity contribution in [3.05, 3.63) is 48.0 Å². The topological polar surface area (TPSA) is 106 Å². The fourth-order valence-corrected chi connectivity index (χ4v) is 6.60. The van der Waals surface area contributed by atoms with Crippen LogP contribution in [-0.4, -0.2) is 41.5 Å². The number of aromatic nitrogens is 1. The maximum absolute atomic E-state index is 12.9. The number of benzene rings is 2. The highest BCUT2D eigenvalue weighted by atomic mass is 32.2. The Morgan fingerprint density at radius 1 is 1.11 bits per heavy atom. The standard InChI is InChI=1S/C25H23N3O5S2/c1-33-24(32)17-8-4-5-9-18(17)26-21(29)13-34-25-27-19-11-10-14(12-20(19)35-25)28-22(30)15-6-2-3-7-16(15)23(28)31/h4-5,8-12,15-16H,2-3,6-7,13H2,1H3,(H,26,29)/t15-,16-/m1/s1. The Bertz CT molecular complexity index is 1310. The average molecular weight is 510 g/mol. The zero-order valence-corrected chi connectivity index (χ0v) is 20.6. The number of hydrogen-bond acceptors (Lipinski definition) is 8. The van der Waals surface area contributed by atoms with E-state index in [0.29, 0.717) is 15.7 Å². The van der Waals surface area contributed by atoms with Gasteiger partial charge in [-0.3, -0.25) is 19.3 Å². The molecule has 180 valence electrons. The highest BCUT2D eigenvalue weighted by molar-refractivity contribution is 8.01. The Hall–Kier alpha value is -3.24. The molecule has 2 fully saturated rings. The van der Waals surface area contributed by atoms with Crippen molar-refractivity contribution in [2.75, 3.05) is 23.1 Å². The lowest BCUT2D eigenvalue weighted by Crippen LogP contribution is -2.30. The third-order valence-corrected chi connectivity index (χ3v) is 8.55. The molecule has 1 aliphatic carbocycles. The molecule has 2 aromatic carbocycles. The predicted octanol–water partition coefficient (Wildman–Crippen LogP) is 4.49. The van der Waals surface area contributed by atoms with E-state index in [1.165, 1.54) is 35.1 Å². The van der Waals surface area contributed by atoms with E-state index in [9.17, 15) is 19.2 Å². The van der Waals surface area contributed by atoms with E-state index >= 15 is 0 Å². The van der Waals surface area contributed by atoms with Crippen LogP contribution in [-0.2, 0) is 19.1 Å². The lowest BCUT2D eigenvalue weighted by atomic mass is 9.81. The van der Waals surface area contributed by atoms with Crippen molar-refractivity contribution < 1.29 is 23.9 Å². The van der Waals surface area contributed by atoms with E-state index < -0.39 is 5.97 Å². The van der Waals surface area contributed by atoms with Crippen molar-refractivity contribution in [1.82, 2.24) is 4.98 Å². The first-order valence-corrected chi connectivity index (χ1v) is 13.1. The van der Waals surface area contributed by atoms with Crippen molar-refractivity contribution in [3.8, 4) is 0 Å². The molecule has 1 saturated carbocycles. The number of nitrogens with zero attached hydrogens (tertiary/aromatic N) is 2. The summed E-state index contributed by atoms with van der Waals surface area (Å²) in [4.78, 5) is 56.2. The smallest absolute Gasteiger partial charge is 0.339 e. The molecule has 2 atom stereocenters. The van der Waals surface area contributed by atoms with E-state index in [-0.39, 0.29) is 40.9 Å². The molecule has 8 nitrogen and oxygen atoms in total. The molecule has 2 heterocycles. The maximum Gasteiger partial charge on any atom is 0.339 e. The fraction of sp³-hybridized carbons (Fsp3) is 0.320. The van der Waals surface area contributed by atoms with Gasteiger partial charge in [0.1, 0.15) is 0 Å². The van der Waals surface area contributed by atoms with Crippen LogP contribution in [0.1, 0.15) is 36.0 Å². The fourth-order valence-electron chi connectivity index (χ4n) is 4.70. The van der Waals surface area contributed by atoms with Crippen LogP contribution in [0.15, 0.2) is 46.8 Å². The largest absolute Gasteiger partial charge is 0.465 e. The van der Waals surface area contributed by atoms with Crippen LogP contribution in [0.25, 0.3) is 10.2 Å². The van der Waals surface area contributed by atoms with E-state index in [1.807, 2.05) is 6.07 Å². The average Bonchev–Trinajstić information content (AvgIpc) is 3.40. The van der Waals surface area contributed by atoms with Crippen LogP contribution in [0.2, 0.25) is 0 Å². The number of imide groups is 1. The summed E-state index contributed by atoms with van der Waals surface area (Å²) >= 11 is 2.69. The van der Waals surface area contributed by atoms with Crippen molar-refractivity contribution in [1.29, 1.82) is 0 Å². The second-order valence-corrected chi connectivity index (χ2v) is 10.8. The number of esters is 1. The summed E-state index contributed by atoms with van der Waals surface area (Å²) in [5.41, 5.74) is 2.00. The van der Waals surface area contributed by atoms with E-state index in [4.69, 9.17) is 4.74 Å². The van der Waals surface area contributed by atoms with Crippen molar-refractivity contribution in [3.63, 3.8) is 0 Å². The normalized spacial score (nSPS) is 19.6. The molecule has 0 unspecified atom stereocenters. The van der Waals surface area contributed by atoms with Gasteiger partial charge in [0.05, 0.1) is 51.9 Å². The number of rotatable bonds is 6. The van der Waals surface area contributed by atoms with Crippen molar-refractivity contribution in [2.24, 2.45) is 11.8 Å². The van der Waals surface area contributed by atoms with Gasteiger partial charge in [0, 0.05) is 0 Å². The number of methoxy groups -OCH3 is 1. The zero-order chi connectivity index (χ0) is 24.5. The first kappa shape index (κ1) is 23.5. The van der Waals surface area contributed by atoms with Gasteiger partial charge in [0.25, 0.3) is 0 Å². The quantitative estimate of drug-likeness (QED) is 0.296. The van der Waals surface area contributed by atoms with Crippen molar-refractivity contribution >= 4 is 68.4 Å². The number of para-hydroxylation sites is 1. The zero-order valence-electron chi connectivity index (χ0n) is 19.0. The lowest BCUT2D eigenvalue weighted by Gasteiger charge is -2.19. The van der Waals surface area contributed by atoms with Crippen LogP contribution < -0.4 is 10.2 Å². The first-order valence-electron chi connectivity index (χ1n) is 11.3. The number of nitrogens with one attached hydrogen (secondary N) is 1. The molecule has 0 radical (unpaired) electrons.